The molecule has 1 aromatic heterocycles. The van der Waals surface area contributed by atoms with Crippen LogP contribution in [0.2, 0.25) is 0 Å². The molecule has 84 valence electrons. The lowest BCUT2D eigenvalue weighted by atomic mass is 10.3. The van der Waals surface area contributed by atoms with Crippen LogP contribution in [0.5, 0.6) is 0 Å². The van der Waals surface area contributed by atoms with Gasteiger partial charge >= 0.3 is 0 Å². The monoisotopic (exact) mass is 207 g/mol. The molecule has 1 aromatic rings. The first-order valence-electron chi connectivity index (χ1n) is 6.11. The first-order valence-corrected chi connectivity index (χ1v) is 6.11. The number of nitrogens with zero attached hydrogens (tertiary/aromatic N) is 2. The summed E-state index contributed by atoms with van der Waals surface area (Å²) >= 11 is 0. The van der Waals surface area contributed by atoms with Gasteiger partial charge < -0.3 is 9.88 Å². The largest absolute Gasteiger partial charge is 0.334 e. The SMILES string of the molecule is CCCn1ccnc1CNCCC1CC1. The molecular formula is C12H21N3. The Balaban J connectivity index is 1.68. The lowest BCUT2D eigenvalue weighted by Gasteiger charge is -2.07. The molecule has 0 aromatic carbocycles. The van der Waals surface area contributed by atoms with Crippen molar-refractivity contribution in [3.8, 4) is 0 Å². The molecule has 1 aliphatic carbocycles. The summed E-state index contributed by atoms with van der Waals surface area (Å²) in [7, 11) is 0. The molecular weight excluding hydrogens is 186 g/mol. The van der Waals surface area contributed by atoms with Gasteiger partial charge in [0.25, 0.3) is 0 Å². The van der Waals surface area contributed by atoms with Crippen LogP contribution in [0.25, 0.3) is 0 Å². The van der Waals surface area contributed by atoms with E-state index in [0.717, 1.165) is 25.6 Å². The van der Waals surface area contributed by atoms with E-state index >= 15 is 0 Å². The highest BCUT2D eigenvalue weighted by Gasteiger charge is 2.19. The Labute approximate surface area is 91.9 Å². The van der Waals surface area contributed by atoms with Gasteiger partial charge in [0.15, 0.2) is 0 Å². The van der Waals surface area contributed by atoms with E-state index in [1.165, 1.54) is 31.5 Å². The van der Waals surface area contributed by atoms with E-state index in [0.29, 0.717) is 0 Å². The highest BCUT2D eigenvalue weighted by molar-refractivity contribution is 4.91. The Morgan fingerprint density at radius 1 is 1.53 bits per heavy atom. The van der Waals surface area contributed by atoms with Crippen molar-refractivity contribution in [1.29, 1.82) is 0 Å². The molecule has 0 bridgehead atoms. The third-order valence-electron chi connectivity index (χ3n) is 2.98. The molecule has 0 spiro atoms. The molecule has 1 heterocycles. The topological polar surface area (TPSA) is 29.9 Å². The van der Waals surface area contributed by atoms with Crippen molar-refractivity contribution < 1.29 is 0 Å². The zero-order valence-electron chi connectivity index (χ0n) is 9.58. The number of aryl methyl sites for hydroxylation is 1. The van der Waals surface area contributed by atoms with Gasteiger partial charge in [0, 0.05) is 18.9 Å². The van der Waals surface area contributed by atoms with E-state index in [9.17, 15) is 0 Å². The highest BCUT2D eigenvalue weighted by atomic mass is 15.1. The number of hydrogen-bond donors (Lipinski definition) is 1. The Hall–Kier alpha value is -0.830. The second kappa shape index (κ2) is 5.31. The quantitative estimate of drug-likeness (QED) is 0.695. The zero-order chi connectivity index (χ0) is 10.5. The number of imidazole rings is 1. The van der Waals surface area contributed by atoms with E-state index in [4.69, 9.17) is 0 Å². The van der Waals surface area contributed by atoms with Gasteiger partial charge in [0.05, 0.1) is 6.54 Å². The maximum absolute atomic E-state index is 4.37. The minimum Gasteiger partial charge on any atom is -0.334 e. The van der Waals surface area contributed by atoms with Crippen molar-refractivity contribution in [2.75, 3.05) is 6.54 Å². The van der Waals surface area contributed by atoms with Gasteiger partial charge in [0.1, 0.15) is 5.82 Å². The summed E-state index contributed by atoms with van der Waals surface area (Å²) in [6.07, 6.45) is 9.38. The Morgan fingerprint density at radius 2 is 2.40 bits per heavy atom. The van der Waals surface area contributed by atoms with Gasteiger partial charge in [-0.1, -0.05) is 19.8 Å². The fourth-order valence-corrected chi connectivity index (χ4v) is 1.86. The van der Waals surface area contributed by atoms with E-state index in [1.54, 1.807) is 0 Å². The normalized spacial score (nSPS) is 15.8. The molecule has 1 fully saturated rings. The van der Waals surface area contributed by atoms with Gasteiger partial charge in [-0.2, -0.15) is 0 Å². The van der Waals surface area contributed by atoms with Crippen LogP contribution in [0, 0.1) is 5.92 Å². The van der Waals surface area contributed by atoms with Crippen molar-refractivity contribution in [1.82, 2.24) is 14.9 Å². The summed E-state index contributed by atoms with van der Waals surface area (Å²) in [4.78, 5) is 4.37. The van der Waals surface area contributed by atoms with Gasteiger partial charge in [-0.05, 0) is 25.3 Å². The van der Waals surface area contributed by atoms with Crippen molar-refractivity contribution in [2.24, 2.45) is 5.92 Å². The van der Waals surface area contributed by atoms with Crippen LogP contribution in [0.15, 0.2) is 12.4 Å². The minimum atomic E-state index is 0.916. The predicted octanol–water partition coefficient (Wildman–Crippen LogP) is 2.18. The van der Waals surface area contributed by atoms with Gasteiger partial charge in [-0.15, -0.1) is 0 Å². The highest BCUT2D eigenvalue weighted by Crippen LogP contribution is 2.31. The van der Waals surface area contributed by atoms with Crippen LogP contribution in [0.3, 0.4) is 0 Å². The lowest BCUT2D eigenvalue weighted by molar-refractivity contribution is 0.564. The summed E-state index contributed by atoms with van der Waals surface area (Å²) in [6, 6.07) is 0. The summed E-state index contributed by atoms with van der Waals surface area (Å²) in [5, 5.41) is 3.47. The van der Waals surface area contributed by atoms with Crippen molar-refractivity contribution >= 4 is 0 Å². The molecule has 0 saturated heterocycles. The van der Waals surface area contributed by atoms with Gasteiger partial charge in [-0.25, -0.2) is 4.98 Å². The van der Waals surface area contributed by atoms with E-state index in [2.05, 4.69) is 28.0 Å². The second-order valence-electron chi connectivity index (χ2n) is 4.45. The number of nitrogens with one attached hydrogen (secondary N) is 1. The lowest BCUT2D eigenvalue weighted by Crippen LogP contribution is -2.18. The fraction of sp³-hybridized carbons (Fsp3) is 0.750. The number of rotatable bonds is 7. The van der Waals surface area contributed by atoms with E-state index in [1.807, 2.05) is 6.20 Å². The van der Waals surface area contributed by atoms with Crippen LogP contribution in [-0.4, -0.2) is 16.1 Å². The molecule has 0 radical (unpaired) electrons. The Kier molecular flexibility index (Phi) is 3.78. The van der Waals surface area contributed by atoms with E-state index < -0.39 is 0 Å². The smallest absolute Gasteiger partial charge is 0.122 e. The minimum absolute atomic E-state index is 0.916. The molecule has 1 aliphatic rings. The first-order chi connectivity index (χ1) is 7.40. The molecule has 0 amide bonds. The molecule has 3 nitrogen and oxygen atoms in total. The molecule has 2 rings (SSSR count). The van der Waals surface area contributed by atoms with Crippen LogP contribution in [-0.2, 0) is 13.1 Å². The summed E-state index contributed by atoms with van der Waals surface area (Å²) in [6.45, 7) is 5.34. The molecule has 0 aliphatic heterocycles. The van der Waals surface area contributed by atoms with Crippen LogP contribution in [0.1, 0.15) is 38.4 Å². The third kappa shape index (κ3) is 3.34. The zero-order valence-corrected chi connectivity index (χ0v) is 9.58. The molecule has 1 N–H and O–H groups in total. The second-order valence-corrected chi connectivity index (χ2v) is 4.45. The first kappa shape index (κ1) is 10.7. The summed E-state index contributed by atoms with van der Waals surface area (Å²) in [5.74, 6) is 2.19. The van der Waals surface area contributed by atoms with Crippen LogP contribution < -0.4 is 5.32 Å². The van der Waals surface area contributed by atoms with Crippen LogP contribution in [0.4, 0.5) is 0 Å². The molecule has 1 saturated carbocycles. The summed E-state index contributed by atoms with van der Waals surface area (Å²) in [5.41, 5.74) is 0. The maximum atomic E-state index is 4.37. The van der Waals surface area contributed by atoms with Crippen molar-refractivity contribution in [3.05, 3.63) is 18.2 Å². The molecule has 0 unspecified atom stereocenters. The van der Waals surface area contributed by atoms with Crippen molar-refractivity contribution in [3.63, 3.8) is 0 Å². The molecule has 3 heteroatoms. The average Bonchev–Trinajstić information content (AvgIpc) is 2.96. The number of hydrogen-bond acceptors (Lipinski definition) is 2. The maximum Gasteiger partial charge on any atom is 0.122 e. The third-order valence-corrected chi connectivity index (χ3v) is 2.98. The molecule has 15 heavy (non-hydrogen) atoms. The van der Waals surface area contributed by atoms with Crippen LogP contribution >= 0.6 is 0 Å². The predicted molar refractivity (Wildman–Crippen MR) is 61.6 cm³/mol. The van der Waals surface area contributed by atoms with Crippen molar-refractivity contribution in [2.45, 2.75) is 45.7 Å². The van der Waals surface area contributed by atoms with E-state index in [-0.39, 0.29) is 0 Å². The standard InChI is InChI=1S/C12H21N3/c1-2-8-15-9-7-14-12(15)10-13-6-5-11-3-4-11/h7,9,11,13H,2-6,8,10H2,1H3. The fourth-order valence-electron chi connectivity index (χ4n) is 1.86. The number of aromatic nitrogens is 2. The molecule has 0 atom stereocenters. The van der Waals surface area contributed by atoms with Gasteiger partial charge in [0.2, 0.25) is 0 Å². The Bertz CT molecular complexity index is 289. The average molecular weight is 207 g/mol. The summed E-state index contributed by atoms with van der Waals surface area (Å²) < 4.78 is 2.24. The van der Waals surface area contributed by atoms with Gasteiger partial charge in [-0.3, -0.25) is 0 Å². The Morgan fingerprint density at radius 3 is 3.13 bits per heavy atom.